The van der Waals surface area contributed by atoms with Crippen molar-refractivity contribution >= 4 is 17.7 Å². The van der Waals surface area contributed by atoms with E-state index >= 15 is 0 Å². The second kappa shape index (κ2) is 8.94. The highest BCUT2D eigenvalue weighted by atomic mass is 16.5. The molecule has 1 aliphatic heterocycles. The molecule has 3 fully saturated rings. The Kier molecular flexibility index (Phi) is 6.08. The minimum Gasteiger partial charge on any atom is -0.472 e. The first-order chi connectivity index (χ1) is 16.8. The number of Topliss-reactive ketones (excluding diaryl/α,β-unsaturated/α-hetero) is 1. The molecule has 0 amide bonds. The van der Waals surface area contributed by atoms with Crippen molar-refractivity contribution < 1.29 is 33.0 Å². The van der Waals surface area contributed by atoms with E-state index in [0.717, 1.165) is 11.1 Å². The summed E-state index contributed by atoms with van der Waals surface area (Å²) >= 11 is 0. The maximum absolute atomic E-state index is 14.2. The van der Waals surface area contributed by atoms with Crippen LogP contribution in [-0.2, 0) is 35.2 Å². The van der Waals surface area contributed by atoms with Gasteiger partial charge in [0.25, 0.3) is 0 Å². The van der Waals surface area contributed by atoms with Crippen LogP contribution in [0.3, 0.4) is 0 Å². The molecular weight excluding hydrogens is 448 g/mol. The van der Waals surface area contributed by atoms with Gasteiger partial charge >= 0.3 is 11.9 Å². The highest BCUT2D eigenvalue weighted by Gasteiger charge is 2.67. The Morgan fingerprint density at radius 1 is 1.11 bits per heavy atom. The van der Waals surface area contributed by atoms with Gasteiger partial charge < -0.3 is 18.6 Å². The smallest absolute Gasteiger partial charge is 0.310 e. The van der Waals surface area contributed by atoms with Gasteiger partial charge in [0.05, 0.1) is 38.1 Å². The third-order valence-corrected chi connectivity index (χ3v) is 8.80. The van der Waals surface area contributed by atoms with Crippen LogP contribution in [0.4, 0.5) is 0 Å². The molecule has 0 N–H and O–H groups in total. The van der Waals surface area contributed by atoms with Crippen molar-refractivity contribution in [3.63, 3.8) is 0 Å². The largest absolute Gasteiger partial charge is 0.472 e. The summed E-state index contributed by atoms with van der Waals surface area (Å²) in [7, 11) is 1.39. The summed E-state index contributed by atoms with van der Waals surface area (Å²) in [5.74, 6) is -2.11. The number of carbonyl (C=O) groups excluding carboxylic acids is 3. The van der Waals surface area contributed by atoms with Crippen LogP contribution < -0.4 is 0 Å². The molecular formula is C28H32O7. The number of carbonyl (C=O) groups is 3. The molecule has 0 radical (unpaired) electrons. The Morgan fingerprint density at radius 3 is 2.57 bits per heavy atom. The quantitative estimate of drug-likeness (QED) is 0.575. The lowest BCUT2D eigenvalue weighted by atomic mass is 9.43. The Labute approximate surface area is 205 Å². The van der Waals surface area contributed by atoms with Gasteiger partial charge in [0.15, 0.2) is 5.78 Å². The van der Waals surface area contributed by atoms with Crippen LogP contribution in [-0.4, -0.2) is 30.9 Å². The molecule has 1 aromatic carbocycles. The van der Waals surface area contributed by atoms with E-state index in [4.69, 9.17) is 18.6 Å². The Hall–Kier alpha value is -2.93. The van der Waals surface area contributed by atoms with Gasteiger partial charge in [-0.25, -0.2) is 0 Å². The van der Waals surface area contributed by atoms with E-state index in [9.17, 15) is 14.4 Å². The third kappa shape index (κ3) is 3.90. The molecule has 2 aromatic rings. The van der Waals surface area contributed by atoms with Crippen molar-refractivity contribution in [3.05, 3.63) is 60.1 Å². The molecule has 0 spiro atoms. The van der Waals surface area contributed by atoms with E-state index in [1.165, 1.54) is 7.11 Å². The van der Waals surface area contributed by atoms with Crippen LogP contribution in [0.25, 0.3) is 0 Å². The molecule has 35 heavy (non-hydrogen) atoms. The highest BCUT2D eigenvalue weighted by Crippen LogP contribution is 2.65. The van der Waals surface area contributed by atoms with Gasteiger partial charge in [-0.2, -0.15) is 0 Å². The number of cyclic esters (lactones) is 1. The van der Waals surface area contributed by atoms with E-state index < -0.39 is 40.8 Å². The van der Waals surface area contributed by atoms with Crippen LogP contribution in [0.5, 0.6) is 0 Å². The van der Waals surface area contributed by atoms with Crippen LogP contribution in [0.2, 0.25) is 0 Å². The summed E-state index contributed by atoms with van der Waals surface area (Å²) in [6.07, 6.45) is 3.77. The number of fused-ring (bicyclic) bond motifs is 3. The van der Waals surface area contributed by atoms with Gasteiger partial charge in [-0.1, -0.05) is 44.2 Å². The molecule has 0 bridgehead atoms. The van der Waals surface area contributed by atoms with Crippen LogP contribution >= 0.6 is 0 Å². The number of benzene rings is 1. The second-order valence-electron chi connectivity index (χ2n) is 10.7. The Bertz CT molecular complexity index is 1090. The molecule has 2 aliphatic carbocycles. The number of ketones is 1. The fraction of sp³-hybridized carbons (Fsp3) is 0.536. The van der Waals surface area contributed by atoms with Crippen molar-refractivity contribution in [1.29, 1.82) is 0 Å². The van der Waals surface area contributed by atoms with E-state index in [0.29, 0.717) is 19.3 Å². The van der Waals surface area contributed by atoms with E-state index in [2.05, 4.69) is 0 Å². The second-order valence-corrected chi connectivity index (χ2v) is 10.7. The fourth-order valence-corrected chi connectivity index (χ4v) is 7.08. The molecule has 1 saturated heterocycles. The van der Waals surface area contributed by atoms with Gasteiger partial charge in [-0.3, -0.25) is 14.4 Å². The standard InChI is InChI=1S/C28H32O7/c1-27-11-9-19-26(31)35-22(18-10-12-33-16-18)14-28(19,2)24(27)23(29)21(13-20(27)25(30)32-3)34-15-17-7-5-4-6-8-17/h4-8,10,12,16,19-22,24H,9,11,13-15H2,1-3H3/t19-,20-,21-,22-,24?,27-,28-/m0/s1. The summed E-state index contributed by atoms with van der Waals surface area (Å²) in [5, 5.41) is 0. The number of hydrogen-bond donors (Lipinski definition) is 0. The first-order valence-electron chi connectivity index (χ1n) is 12.3. The predicted octanol–water partition coefficient (Wildman–Crippen LogP) is 4.65. The molecule has 1 unspecified atom stereocenters. The van der Waals surface area contributed by atoms with Crippen LogP contribution in [0, 0.1) is 28.6 Å². The van der Waals surface area contributed by atoms with E-state index in [1.807, 2.05) is 44.2 Å². The zero-order chi connectivity index (χ0) is 24.8. The number of ether oxygens (including phenoxy) is 3. The fourth-order valence-electron chi connectivity index (χ4n) is 7.08. The van der Waals surface area contributed by atoms with E-state index in [1.54, 1.807) is 18.6 Å². The SMILES string of the molecule is COC(=O)[C@@H]1C[C@H](OCc2ccccc2)C(=O)C2[C@@]1(C)CC[C@H]1C(=O)O[C@H](c3ccoc3)C[C@]21C. The molecule has 7 heteroatoms. The van der Waals surface area contributed by atoms with Gasteiger partial charge in [-0.15, -0.1) is 0 Å². The van der Waals surface area contributed by atoms with Crippen molar-refractivity contribution in [2.24, 2.45) is 28.6 Å². The normalized spacial score (nSPS) is 36.6. The zero-order valence-electron chi connectivity index (χ0n) is 20.4. The van der Waals surface area contributed by atoms with Crippen molar-refractivity contribution in [3.8, 4) is 0 Å². The molecule has 186 valence electrons. The number of methoxy groups -OCH3 is 1. The number of furan rings is 1. The van der Waals surface area contributed by atoms with Gasteiger partial charge in [0.2, 0.25) is 0 Å². The molecule has 2 heterocycles. The Balaban J connectivity index is 1.52. The zero-order valence-corrected chi connectivity index (χ0v) is 20.4. The van der Waals surface area contributed by atoms with Crippen molar-refractivity contribution in [2.75, 3.05) is 7.11 Å². The molecule has 3 aliphatic rings. The monoisotopic (exact) mass is 480 g/mol. The topological polar surface area (TPSA) is 92.0 Å². The summed E-state index contributed by atoms with van der Waals surface area (Å²) in [6.45, 7) is 4.30. The average Bonchev–Trinajstić information content (AvgIpc) is 3.38. The van der Waals surface area contributed by atoms with Crippen LogP contribution in [0.1, 0.15) is 56.8 Å². The number of esters is 2. The van der Waals surface area contributed by atoms with Gasteiger partial charge in [0.1, 0.15) is 12.2 Å². The lowest BCUT2D eigenvalue weighted by Crippen LogP contribution is -2.64. The maximum atomic E-state index is 14.2. The third-order valence-electron chi connectivity index (χ3n) is 8.80. The minimum atomic E-state index is -0.752. The highest BCUT2D eigenvalue weighted by molar-refractivity contribution is 5.92. The molecule has 1 aromatic heterocycles. The van der Waals surface area contributed by atoms with E-state index in [-0.39, 0.29) is 30.7 Å². The summed E-state index contributed by atoms with van der Waals surface area (Å²) in [5.41, 5.74) is 0.399. The molecule has 7 nitrogen and oxygen atoms in total. The van der Waals surface area contributed by atoms with Gasteiger partial charge in [-0.05, 0) is 48.1 Å². The van der Waals surface area contributed by atoms with Gasteiger partial charge in [0, 0.05) is 11.5 Å². The average molecular weight is 481 g/mol. The molecule has 7 atom stereocenters. The number of rotatable bonds is 5. The molecule has 5 rings (SSSR count). The van der Waals surface area contributed by atoms with Crippen molar-refractivity contribution in [1.82, 2.24) is 0 Å². The first-order valence-corrected chi connectivity index (χ1v) is 12.3. The number of hydrogen-bond acceptors (Lipinski definition) is 7. The Morgan fingerprint density at radius 2 is 1.89 bits per heavy atom. The summed E-state index contributed by atoms with van der Waals surface area (Å²) in [4.78, 5) is 40.4. The minimum absolute atomic E-state index is 0.0311. The first kappa shape index (κ1) is 23.8. The lowest BCUT2D eigenvalue weighted by Gasteiger charge is -2.61. The van der Waals surface area contributed by atoms with Crippen LogP contribution in [0.15, 0.2) is 53.3 Å². The maximum Gasteiger partial charge on any atom is 0.310 e. The summed E-state index contributed by atoms with van der Waals surface area (Å²) in [6, 6.07) is 11.4. The lowest BCUT2D eigenvalue weighted by molar-refractivity contribution is -0.210. The summed E-state index contributed by atoms with van der Waals surface area (Å²) < 4.78 is 22.4. The predicted molar refractivity (Wildman–Crippen MR) is 125 cm³/mol. The molecule has 2 saturated carbocycles. The van der Waals surface area contributed by atoms with Crippen molar-refractivity contribution in [2.45, 2.75) is 58.3 Å².